The fourth-order valence-electron chi connectivity index (χ4n) is 4.02. The zero-order chi connectivity index (χ0) is 20.2. The molecule has 0 amide bonds. The predicted octanol–water partition coefficient (Wildman–Crippen LogP) is 1.98. The maximum atomic E-state index is 12.1. The highest BCUT2D eigenvalue weighted by Gasteiger charge is 2.49. The van der Waals surface area contributed by atoms with E-state index in [1.54, 1.807) is 17.8 Å². The summed E-state index contributed by atoms with van der Waals surface area (Å²) >= 11 is 0. The smallest absolute Gasteiger partial charge is 0.213 e. The first-order valence-electron chi connectivity index (χ1n) is 9.31. The van der Waals surface area contributed by atoms with Crippen molar-refractivity contribution in [2.24, 2.45) is 0 Å². The Balaban J connectivity index is 1.55. The van der Waals surface area contributed by atoms with Crippen LogP contribution in [0.1, 0.15) is 13.3 Å². The average molecular weight is 409 g/mol. The molecule has 0 aliphatic carbocycles. The van der Waals surface area contributed by atoms with E-state index in [2.05, 4.69) is 21.1 Å². The highest BCUT2D eigenvalue weighted by molar-refractivity contribution is 7.89. The van der Waals surface area contributed by atoms with Crippen LogP contribution in [0.25, 0.3) is 27.6 Å². The van der Waals surface area contributed by atoms with Crippen LogP contribution in [-0.2, 0) is 15.6 Å². The highest BCUT2D eigenvalue weighted by Crippen LogP contribution is 2.35. The molecule has 10 heteroatoms. The second-order valence-corrected chi connectivity index (χ2v) is 9.62. The summed E-state index contributed by atoms with van der Waals surface area (Å²) in [7, 11) is -3.27. The molecule has 29 heavy (non-hydrogen) atoms. The molecular formula is C19H19N7O2S. The van der Waals surface area contributed by atoms with Gasteiger partial charge < -0.3 is 9.55 Å². The quantitative estimate of drug-likeness (QED) is 0.542. The van der Waals surface area contributed by atoms with Crippen LogP contribution in [0.2, 0.25) is 0 Å². The number of nitrogens with one attached hydrogen (secondary N) is 1. The molecule has 1 saturated heterocycles. The van der Waals surface area contributed by atoms with Gasteiger partial charge in [-0.25, -0.2) is 13.4 Å². The molecule has 0 saturated carbocycles. The van der Waals surface area contributed by atoms with Crippen LogP contribution in [0.4, 0.5) is 0 Å². The van der Waals surface area contributed by atoms with Gasteiger partial charge in [0.05, 0.1) is 35.6 Å². The molecule has 0 atom stereocenters. The Morgan fingerprint density at radius 2 is 2.14 bits per heavy atom. The summed E-state index contributed by atoms with van der Waals surface area (Å²) in [6.07, 6.45) is 9.47. The Morgan fingerprint density at radius 1 is 1.31 bits per heavy atom. The zero-order valence-corrected chi connectivity index (χ0v) is 16.6. The van der Waals surface area contributed by atoms with Gasteiger partial charge in [0.1, 0.15) is 11.2 Å². The SMILES string of the molecule is CCS(=O)(=O)N1CC(CC#N)(n2cc(-n3ccc4cnc5[nH]ccc5c43)cn2)C1. The molecule has 0 bridgehead atoms. The number of hydrogen-bond acceptors (Lipinski definition) is 5. The Bertz CT molecular complexity index is 1370. The monoisotopic (exact) mass is 409 g/mol. The minimum absolute atomic E-state index is 0.0516. The molecule has 0 unspecified atom stereocenters. The van der Waals surface area contributed by atoms with E-state index in [0.29, 0.717) is 0 Å². The number of aromatic nitrogens is 5. The molecule has 4 aromatic heterocycles. The van der Waals surface area contributed by atoms with Gasteiger partial charge in [-0.2, -0.15) is 14.7 Å². The Kier molecular flexibility index (Phi) is 3.81. The van der Waals surface area contributed by atoms with Crippen molar-refractivity contribution in [1.82, 2.24) is 28.6 Å². The number of H-pyrrole nitrogens is 1. The summed E-state index contributed by atoms with van der Waals surface area (Å²) in [6, 6.07) is 6.18. The summed E-state index contributed by atoms with van der Waals surface area (Å²) in [5, 5.41) is 15.9. The molecule has 0 aromatic carbocycles. The fourth-order valence-corrected chi connectivity index (χ4v) is 5.26. The third-order valence-electron chi connectivity index (χ3n) is 5.67. The van der Waals surface area contributed by atoms with Crippen LogP contribution < -0.4 is 0 Å². The average Bonchev–Trinajstić information content (AvgIpc) is 3.41. The lowest BCUT2D eigenvalue weighted by Crippen LogP contribution is -2.64. The Hall–Kier alpha value is -3.16. The number of rotatable bonds is 5. The van der Waals surface area contributed by atoms with Crippen molar-refractivity contribution in [2.75, 3.05) is 18.8 Å². The fraction of sp³-hybridized carbons (Fsp3) is 0.316. The van der Waals surface area contributed by atoms with E-state index < -0.39 is 15.6 Å². The lowest BCUT2D eigenvalue weighted by Gasteiger charge is -2.47. The lowest BCUT2D eigenvalue weighted by molar-refractivity contribution is 0.0718. The summed E-state index contributed by atoms with van der Waals surface area (Å²) in [4.78, 5) is 7.54. The van der Waals surface area contributed by atoms with E-state index in [-0.39, 0.29) is 25.3 Å². The number of nitriles is 1. The van der Waals surface area contributed by atoms with Crippen LogP contribution in [0.15, 0.2) is 43.1 Å². The molecule has 5 rings (SSSR count). The van der Waals surface area contributed by atoms with E-state index in [9.17, 15) is 13.7 Å². The molecule has 4 aromatic rings. The third kappa shape index (κ3) is 2.58. The first-order chi connectivity index (χ1) is 14.0. The van der Waals surface area contributed by atoms with Crippen molar-refractivity contribution >= 4 is 32.0 Å². The van der Waals surface area contributed by atoms with Gasteiger partial charge in [-0.05, 0) is 19.1 Å². The van der Waals surface area contributed by atoms with Crippen molar-refractivity contribution < 1.29 is 8.42 Å². The molecule has 9 nitrogen and oxygen atoms in total. The van der Waals surface area contributed by atoms with Gasteiger partial charge in [0.15, 0.2) is 0 Å². The minimum Gasteiger partial charge on any atom is -0.346 e. The first-order valence-corrected chi connectivity index (χ1v) is 10.9. The van der Waals surface area contributed by atoms with E-state index in [1.807, 2.05) is 41.5 Å². The van der Waals surface area contributed by atoms with Gasteiger partial charge in [0, 0.05) is 48.6 Å². The van der Waals surface area contributed by atoms with Gasteiger partial charge in [0.25, 0.3) is 0 Å². The number of fused-ring (bicyclic) bond motifs is 3. The highest BCUT2D eigenvalue weighted by atomic mass is 32.2. The maximum Gasteiger partial charge on any atom is 0.213 e. The molecule has 1 aliphatic rings. The van der Waals surface area contributed by atoms with Gasteiger partial charge in [-0.15, -0.1) is 0 Å². The number of nitrogens with zero attached hydrogens (tertiary/aromatic N) is 6. The van der Waals surface area contributed by atoms with Gasteiger partial charge in [0.2, 0.25) is 10.0 Å². The molecule has 148 valence electrons. The van der Waals surface area contributed by atoms with Crippen LogP contribution in [0, 0.1) is 11.3 Å². The van der Waals surface area contributed by atoms with Crippen LogP contribution in [0.3, 0.4) is 0 Å². The van der Waals surface area contributed by atoms with Gasteiger partial charge >= 0.3 is 0 Å². The second kappa shape index (κ2) is 6.17. The van der Waals surface area contributed by atoms with Crippen LogP contribution in [-0.4, -0.2) is 55.9 Å². The van der Waals surface area contributed by atoms with Gasteiger partial charge in [-0.3, -0.25) is 4.68 Å². The normalized spacial score (nSPS) is 16.8. The summed E-state index contributed by atoms with van der Waals surface area (Å²) in [5.41, 5.74) is 2.05. The van der Waals surface area contributed by atoms with Gasteiger partial charge in [-0.1, -0.05) is 0 Å². The standard InChI is InChI=1S/C19H19N7O2S/c1-2-29(27,28)24-12-19(13-24,5-6-20)26-11-15(10-23-26)25-8-4-14-9-22-18-16(17(14)25)3-7-21-18/h3-4,7-11H,2,5,12-13H2,1H3,(H,21,22). The number of pyridine rings is 1. The zero-order valence-electron chi connectivity index (χ0n) is 15.8. The second-order valence-electron chi connectivity index (χ2n) is 7.36. The van der Waals surface area contributed by atoms with Crippen molar-refractivity contribution in [3.8, 4) is 11.8 Å². The van der Waals surface area contributed by atoms with Crippen molar-refractivity contribution in [2.45, 2.75) is 18.9 Å². The van der Waals surface area contributed by atoms with Crippen LogP contribution in [0.5, 0.6) is 0 Å². The largest absolute Gasteiger partial charge is 0.346 e. The Morgan fingerprint density at radius 3 is 2.90 bits per heavy atom. The summed E-state index contributed by atoms with van der Waals surface area (Å²) < 4.78 is 29.5. The number of aromatic amines is 1. The van der Waals surface area contributed by atoms with Crippen LogP contribution >= 0.6 is 0 Å². The molecule has 0 spiro atoms. The lowest BCUT2D eigenvalue weighted by atomic mass is 9.89. The van der Waals surface area contributed by atoms with Crippen molar-refractivity contribution in [1.29, 1.82) is 5.26 Å². The molecule has 1 aliphatic heterocycles. The molecule has 1 fully saturated rings. The third-order valence-corrected chi connectivity index (χ3v) is 7.45. The van der Waals surface area contributed by atoms with Crippen molar-refractivity contribution in [3.63, 3.8) is 0 Å². The molecular weight excluding hydrogens is 390 g/mol. The minimum atomic E-state index is -3.27. The topological polar surface area (TPSA) is 113 Å². The molecule has 0 radical (unpaired) electrons. The van der Waals surface area contributed by atoms with E-state index >= 15 is 0 Å². The number of sulfonamides is 1. The van der Waals surface area contributed by atoms with Crippen molar-refractivity contribution in [3.05, 3.63) is 43.1 Å². The predicted molar refractivity (Wildman–Crippen MR) is 108 cm³/mol. The van der Waals surface area contributed by atoms with E-state index in [0.717, 1.165) is 27.6 Å². The first kappa shape index (κ1) is 17.9. The summed E-state index contributed by atoms with van der Waals surface area (Å²) in [5.74, 6) is 0.0516. The van der Waals surface area contributed by atoms with E-state index in [1.165, 1.54) is 4.31 Å². The Labute approximate surface area is 167 Å². The molecule has 5 heterocycles. The van der Waals surface area contributed by atoms with E-state index in [4.69, 9.17) is 0 Å². The number of hydrogen-bond donors (Lipinski definition) is 1. The maximum absolute atomic E-state index is 12.1. The summed E-state index contributed by atoms with van der Waals surface area (Å²) in [6.45, 7) is 2.14. The molecule has 1 N–H and O–H groups in total.